The van der Waals surface area contributed by atoms with Crippen LogP contribution in [0.2, 0.25) is 0 Å². The predicted octanol–water partition coefficient (Wildman–Crippen LogP) is 13.3. The van der Waals surface area contributed by atoms with Gasteiger partial charge < -0.3 is 4.74 Å². The first kappa shape index (κ1) is 39.2. The van der Waals surface area contributed by atoms with Gasteiger partial charge >= 0.3 is 0 Å². The molecule has 0 spiro atoms. The molecule has 4 rings (SSSR count). The molecule has 2 aromatic rings. The molecule has 0 saturated heterocycles. The van der Waals surface area contributed by atoms with Crippen molar-refractivity contribution in [3.63, 3.8) is 0 Å². The fourth-order valence-corrected chi connectivity index (χ4v) is 7.70. The maximum Gasteiger partial charge on any atom is 0.0827 e. The lowest BCUT2D eigenvalue weighted by molar-refractivity contribution is 0.117. The summed E-state index contributed by atoms with van der Waals surface area (Å²) in [5.41, 5.74) is 5.50. The van der Waals surface area contributed by atoms with E-state index in [1.165, 1.54) is 131 Å². The SMILES string of the molecule is CCCCCCC1CCC(CCc2ccc(CC/C=C/F)cc2)CC1.COCC1CCC(CCc2ccc(CC/C=C/F)cc2)CC1. The topological polar surface area (TPSA) is 9.23 Å². The maximum atomic E-state index is 12.0. The Balaban J connectivity index is 0.000000257. The highest BCUT2D eigenvalue weighted by Gasteiger charge is 2.21. The predicted molar refractivity (Wildman–Crippen MR) is 198 cm³/mol. The van der Waals surface area contributed by atoms with E-state index in [2.05, 4.69) is 55.5 Å². The molecule has 2 aliphatic carbocycles. The van der Waals surface area contributed by atoms with Crippen LogP contribution in [0.15, 0.2) is 73.3 Å². The highest BCUT2D eigenvalue weighted by Crippen LogP contribution is 2.34. The summed E-state index contributed by atoms with van der Waals surface area (Å²) in [6.45, 7) is 3.23. The molecule has 0 bridgehead atoms. The monoisotopic (exact) mass is 649 g/mol. The second-order valence-corrected chi connectivity index (χ2v) is 14.6. The second-order valence-electron chi connectivity index (χ2n) is 14.6. The summed E-state index contributed by atoms with van der Waals surface area (Å²) in [7, 11) is 1.81. The first-order valence-electron chi connectivity index (χ1n) is 19.3. The van der Waals surface area contributed by atoms with Gasteiger partial charge in [-0.2, -0.15) is 0 Å². The minimum absolute atomic E-state index is 0.635. The van der Waals surface area contributed by atoms with Crippen LogP contribution in [-0.4, -0.2) is 13.7 Å². The van der Waals surface area contributed by atoms with E-state index in [0.29, 0.717) is 12.7 Å². The van der Waals surface area contributed by atoms with Crippen molar-refractivity contribution in [1.82, 2.24) is 0 Å². The summed E-state index contributed by atoms with van der Waals surface area (Å²) in [6.07, 6.45) is 31.3. The van der Waals surface area contributed by atoms with E-state index in [-0.39, 0.29) is 0 Å². The zero-order chi connectivity index (χ0) is 33.4. The fraction of sp³-hybridized carbons (Fsp3) is 0.636. The summed E-state index contributed by atoms with van der Waals surface area (Å²) in [5, 5.41) is 0. The van der Waals surface area contributed by atoms with Gasteiger partial charge in [0.15, 0.2) is 0 Å². The van der Waals surface area contributed by atoms with Gasteiger partial charge in [-0.05, 0) is 110 Å². The van der Waals surface area contributed by atoms with Crippen molar-refractivity contribution in [3.05, 3.63) is 95.6 Å². The van der Waals surface area contributed by atoms with E-state index in [0.717, 1.165) is 56.0 Å². The van der Waals surface area contributed by atoms with Crippen molar-refractivity contribution in [2.24, 2.45) is 23.7 Å². The van der Waals surface area contributed by atoms with Crippen LogP contribution in [0.25, 0.3) is 0 Å². The number of benzene rings is 2. The molecule has 3 heteroatoms. The van der Waals surface area contributed by atoms with Crippen LogP contribution in [0.1, 0.15) is 138 Å². The maximum absolute atomic E-state index is 12.0. The van der Waals surface area contributed by atoms with Crippen LogP contribution in [0.4, 0.5) is 8.78 Å². The normalized spacial score (nSPS) is 21.6. The number of hydrogen-bond acceptors (Lipinski definition) is 1. The fourth-order valence-electron chi connectivity index (χ4n) is 7.70. The zero-order valence-electron chi connectivity index (χ0n) is 30.0. The number of halogens is 2. The molecular weight excluding hydrogens is 582 g/mol. The average Bonchev–Trinajstić information content (AvgIpc) is 3.11. The second kappa shape index (κ2) is 24.8. The summed E-state index contributed by atoms with van der Waals surface area (Å²) in [6, 6.07) is 17.8. The van der Waals surface area contributed by atoms with Crippen LogP contribution in [0.3, 0.4) is 0 Å². The lowest BCUT2D eigenvalue weighted by atomic mass is 9.77. The van der Waals surface area contributed by atoms with Crippen LogP contribution in [0.5, 0.6) is 0 Å². The summed E-state index contributed by atoms with van der Waals surface area (Å²) in [4.78, 5) is 0. The van der Waals surface area contributed by atoms with Gasteiger partial charge in [0.1, 0.15) is 0 Å². The van der Waals surface area contributed by atoms with Gasteiger partial charge in [-0.25, -0.2) is 8.78 Å². The molecule has 0 aromatic heterocycles. The molecule has 2 aliphatic rings. The molecule has 0 radical (unpaired) electrons. The van der Waals surface area contributed by atoms with Gasteiger partial charge in [0.05, 0.1) is 12.7 Å². The number of unbranched alkanes of at least 4 members (excludes halogenated alkanes) is 3. The molecule has 0 amide bonds. The highest BCUT2D eigenvalue weighted by molar-refractivity contribution is 5.24. The Bertz CT molecular complexity index is 1070. The van der Waals surface area contributed by atoms with Crippen LogP contribution in [0, 0.1) is 23.7 Å². The summed E-state index contributed by atoms with van der Waals surface area (Å²) >= 11 is 0. The molecule has 262 valence electrons. The lowest BCUT2D eigenvalue weighted by Gasteiger charge is -2.28. The standard InChI is InChI=1S/C24H37F.C20H29FO/c1-2-3-4-5-8-21-10-14-23(15-11-21)18-19-24-16-12-22(13-17-24)9-6-7-20-25;1-22-16-20-13-11-19(12-14-20)10-9-18-7-5-17(6-8-18)4-2-3-15-21/h7,12-13,16-17,20-21,23H,2-6,8-11,14-15,18-19H2,1H3;3,5-8,15,19-20H,2,4,9-14,16H2,1H3/b20-7+;15-3+. The van der Waals surface area contributed by atoms with Crippen molar-refractivity contribution in [2.75, 3.05) is 13.7 Å². The van der Waals surface area contributed by atoms with Gasteiger partial charge in [-0.1, -0.05) is 138 Å². The van der Waals surface area contributed by atoms with Crippen LogP contribution >= 0.6 is 0 Å². The molecule has 0 unspecified atom stereocenters. The number of aryl methyl sites for hydroxylation is 4. The van der Waals surface area contributed by atoms with Crippen LogP contribution in [-0.2, 0) is 30.4 Å². The quantitative estimate of drug-likeness (QED) is 0.138. The Morgan fingerprint density at radius 2 is 0.915 bits per heavy atom. The minimum Gasteiger partial charge on any atom is -0.384 e. The third-order valence-corrected chi connectivity index (χ3v) is 10.9. The van der Waals surface area contributed by atoms with E-state index in [1.807, 2.05) is 7.11 Å². The highest BCUT2D eigenvalue weighted by atomic mass is 19.1. The Morgan fingerprint density at radius 1 is 0.532 bits per heavy atom. The largest absolute Gasteiger partial charge is 0.384 e. The summed E-state index contributed by atoms with van der Waals surface area (Å²) in [5.74, 6) is 3.65. The molecular formula is C44H66F2O. The van der Waals surface area contributed by atoms with Crippen molar-refractivity contribution >= 4 is 0 Å². The van der Waals surface area contributed by atoms with Crippen molar-refractivity contribution in [3.8, 4) is 0 Å². The zero-order valence-corrected chi connectivity index (χ0v) is 30.0. The first-order chi connectivity index (χ1) is 23.1. The Morgan fingerprint density at radius 3 is 1.30 bits per heavy atom. The van der Waals surface area contributed by atoms with Gasteiger partial charge in [0.2, 0.25) is 0 Å². The average molecular weight is 649 g/mol. The van der Waals surface area contributed by atoms with E-state index in [4.69, 9.17) is 4.74 Å². The van der Waals surface area contributed by atoms with Gasteiger partial charge in [-0.3, -0.25) is 0 Å². The molecule has 0 atom stereocenters. The Kier molecular flexibility index (Phi) is 20.7. The number of ether oxygens (including phenoxy) is 1. The molecule has 0 N–H and O–H groups in total. The van der Waals surface area contributed by atoms with Crippen molar-refractivity contribution < 1.29 is 13.5 Å². The number of hydrogen-bond donors (Lipinski definition) is 0. The number of rotatable bonds is 19. The molecule has 1 nitrogen and oxygen atoms in total. The first-order valence-corrected chi connectivity index (χ1v) is 19.3. The van der Waals surface area contributed by atoms with E-state index >= 15 is 0 Å². The van der Waals surface area contributed by atoms with Gasteiger partial charge in [0.25, 0.3) is 0 Å². The van der Waals surface area contributed by atoms with Crippen molar-refractivity contribution in [2.45, 2.75) is 142 Å². The Hall–Kier alpha value is -2.26. The van der Waals surface area contributed by atoms with Crippen molar-refractivity contribution in [1.29, 1.82) is 0 Å². The van der Waals surface area contributed by atoms with Gasteiger partial charge in [-0.15, -0.1) is 0 Å². The smallest absolute Gasteiger partial charge is 0.0827 e. The molecule has 2 aromatic carbocycles. The molecule has 2 saturated carbocycles. The van der Waals surface area contributed by atoms with E-state index in [1.54, 1.807) is 12.2 Å². The molecule has 0 heterocycles. The summed E-state index contributed by atoms with van der Waals surface area (Å²) < 4.78 is 29.2. The third-order valence-electron chi connectivity index (χ3n) is 10.9. The third kappa shape index (κ3) is 17.1. The molecule has 0 aliphatic heterocycles. The minimum atomic E-state index is 0.635. The van der Waals surface area contributed by atoms with E-state index < -0.39 is 0 Å². The van der Waals surface area contributed by atoms with Crippen LogP contribution < -0.4 is 0 Å². The Labute approximate surface area is 287 Å². The lowest BCUT2D eigenvalue weighted by Crippen LogP contribution is -2.18. The number of methoxy groups -OCH3 is 1. The van der Waals surface area contributed by atoms with E-state index in [9.17, 15) is 8.78 Å². The number of allylic oxidation sites excluding steroid dienone is 2. The van der Waals surface area contributed by atoms with Gasteiger partial charge in [0, 0.05) is 13.7 Å². The molecule has 2 fully saturated rings. The molecule has 47 heavy (non-hydrogen) atoms.